The zero-order valence-electron chi connectivity index (χ0n) is 9.74. The van der Waals surface area contributed by atoms with Gasteiger partial charge in [-0.3, -0.25) is 4.79 Å². The van der Waals surface area contributed by atoms with Crippen LogP contribution >= 0.6 is 0 Å². The second-order valence-corrected chi connectivity index (χ2v) is 4.84. The Morgan fingerprint density at radius 2 is 2.16 bits per heavy atom. The van der Waals surface area contributed by atoms with Gasteiger partial charge in [0.15, 0.2) is 17.5 Å². The fraction of sp³-hybridized carbons (Fsp3) is 0.273. The summed E-state index contributed by atoms with van der Waals surface area (Å²) in [4.78, 5) is 23.2. The van der Waals surface area contributed by atoms with E-state index in [1.807, 2.05) is 0 Å². The van der Waals surface area contributed by atoms with Crippen molar-refractivity contribution >= 4 is 23.2 Å². The molecule has 2 aliphatic heterocycles. The van der Waals surface area contributed by atoms with Crippen LogP contribution in [0.3, 0.4) is 0 Å². The van der Waals surface area contributed by atoms with Gasteiger partial charge in [-0.1, -0.05) is 6.07 Å². The maximum absolute atomic E-state index is 12.1. The van der Waals surface area contributed by atoms with Gasteiger partial charge in [-0.05, 0) is 19.1 Å². The van der Waals surface area contributed by atoms with Crippen molar-refractivity contribution in [1.29, 1.82) is 0 Å². The second-order valence-electron chi connectivity index (χ2n) is 4.10. The van der Waals surface area contributed by atoms with E-state index in [9.17, 15) is 13.8 Å². The molecule has 19 heavy (non-hydrogen) atoms. The third-order valence-electron chi connectivity index (χ3n) is 2.84. The topological polar surface area (TPSA) is 90.9 Å². The molecule has 0 saturated carbocycles. The summed E-state index contributed by atoms with van der Waals surface area (Å²) in [7, 11) is 0. The summed E-state index contributed by atoms with van der Waals surface area (Å²) < 4.78 is 25.7. The Hall–Kier alpha value is -2.09. The first kappa shape index (κ1) is 12.0. The minimum atomic E-state index is -1.93. The number of carbonyl (C=O) groups is 2. The molecule has 0 aliphatic carbocycles. The monoisotopic (exact) mass is 283 g/mol. The lowest BCUT2D eigenvalue weighted by atomic mass is 10.1. The predicted octanol–water partition coefficient (Wildman–Crippen LogP) is 0.0802. The zero-order chi connectivity index (χ0) is 13.6. The predicted molar refractivity (Wildman–Crippen MR) is 62.6 cm³/mol. The molecule has 1 aromatic carbocycles. The molecular weight excluding hydrogens is 274 g/mol. The van der Waals surface area contributed by atoms with Gasteiger partial charge in [0.25, 0.3) is 5.91 Å². The molecule has 2 heterocycles. The number of esters is 1. The van der Waals surface area contributed by atoms with Crippen molar-refractivity contribution in [3.05, 3.63) is 23.8 Å². The van der Waals surface area contributed by atoms with Gasteiger partial charge in [0, 0.05) is 0 Å². The van der Waals surface area contributed by atoms with Crippen LogP contribution in [0.2, 0.25) is 0 Å². The van der Waals surface area contributed by atoms with Gasteiger partial charge in [-0.25, -0.2) is 4.79 Å². The van der Waals surface area contributed by atoms with Crippen molar-refractivity contribution in [1.82, 2.24) is 5.32 Å². The van der Waals surface area contributed by atoms with Gasteiger partial charge in [-0.15, -0.1) is 0 Å². The number of para-hydroxylation sites is 1. The third kappa shape index (κ3) is 1.93. The Balaban J connectivity index is 1.83. The summed E-state index contributed by atoms with van der Waals surface area (Å²) in [6.07, 6.45) is -0.362. The van der Waals surface area contributed by atoms with E-state index in [1.165, 1.54) is 12.1 Å². The van der Waals surface area contributed by atoms with Crippen LogP contribution in [0.4, 0.5) is 0 Å². The minimum absolute atomic E-state index is 0.110. The summed E-state index contributed by atoms with van der Waals surface area (Å²) in [5, 5.41) is 2.53. The van der Waals surface area contributed by atoms with E-state index in [0.29, 0.717) is 0 Å². The molecule has 1 N–H and O–H groups in total. The first-order valence-electron chi connectivity index (χ1n) is 5.49. The Kier molecular flexibility index (Phi) is 2.67. The van der Waals surface area contributed by atoms with Crippen molar-refractivity contribution in [2.75, 3.05) is 0 Å². The quantitative estimate of drug-likeness (QED) is 0.773. The van der Waals surface area contributed by atoms with Gasteiger partial charge in [0.2, 0.25) is 0 Å². The first-order valence-corrected chi connectivity index (χ1v) is 6.49. The largest absolute Gasteiger partial charge is 0.458 e. The lowest BCUT2D eigenvalue weighted by Crippen LogP contribution is -2.58. The second kappa shape index (κ2) is 4.23. The SMILES string of the molecule is C[C@H]1OC(=O)[C@H]1NC(=O)c1cccc2c1OS(=O)O2. The standard InChI is InChI=1S/C11H9NO6S/c1-5-8(11(14)16-5)12-10(13)6-3-2-4-7-9(6)18-19(15)17-7/h2-5,8H,1H3,(H,12,13)/t5-,8+,19?/m1/s1. The summed E-state index contributed by atoms with van der Waals surface area (Å²) in [6, 6.07) is 3.94. The average Bonchev–Trinajstić information content (AvgIpc) is 2.75. The fourth-order valence-corrected chi connectivity index (χ4v) is 2.46. The molecule has 1 unspecified atom stereocenters. The highest BCUT2D eigenvalue weighted by Crippen LogP contribution is 2.37. The molecule has 0 bridgehead atoms. The van der Waals surface area contributed by atoms with Crippen molar-refractivity contribution in [2.24, 2.45) is 0 Å². The lowest BCUT2D eigenvalue weighted by Gasteiger charge is -2.32. The van der Waals surface area contributed by atoms with Gasteiger partial charge >= 0.3 is 17.3 Å². The Labute approximate surface area is 110 Å². The van der Waals surface area contributed by atoms with Crippen LogP contribution in [0.15, 0.2) is 18.2 Å². The van der Waals surface area contributed by atoms with Crippen LogP contribution in [-0.4, -0.2) is 28.2 Å². The average molecular weight is 283 g/mol. The molecule has 1 amide bonds. The number of hydrogen-bond acceptors (Lipinski definition) is 6. The maximum atomic E-state index is 12.1. The molecule has 1 fully saturated rings. The highest BCUT2D eigenvalue weighted by Gasteiger charge is 2.41. The number of nitrogens with one attached hydrogen (secondary N) is 1. The van der Waals surface area contributed by atoms with Crippen LogP contribution in [0.25, 0.3) is 0 Å². The van der Waals surface area contributed by atoms with Crippen LogP contribution in [-0.2, 0) is 20.9 Å². The number of ether oxygens (including phenoxy) is 1. The van der Waals surface area contributed by atoms with Crippen molar-refractivity contribution in [3.8, 4) is 11.5 Å². The van der Waals surface area contributed by atoms with Crippen LogP contribution in [0.1, 0.15) is 17.3 Å². The molecule has 1 saturated heterocycles. The molecule has 8 heteroatoms. The number of hydrogen-bond donors (Lipinski definition) is 1. The smallest absolute Gasteiger partial charge is 0.418 e. The van der Waals surface area contributed by atoms with E-state index in [1.54, 1.807) is 13.0 Å². The number of fused-ring (bicyclic) bond motifs is 1. The number of carbonyl (C=O) groups excluding carboxylic acids is 2. The van der Waals surface area contributed by atoms with Crippen LogP contribution in [0.5, 0.6) is 11.5 Å². The molecule has 0 radical (unpaired) electrons. The lowest BCUT2D eigenvalue weighted by molar-refractivity contribution is -0.173. The van der Waals surface area contributed by atoms with Gasteiger partial charge < -0.3 is 18.4 Å². The van der Waals surface area contributed by atoms with E-state index in [-0.39, 0.29) is 23.2 Å². The maximum Gasteiger partial charge on any atom is 0.418 e. The van der Waals surface area contributed by atoms with E-state index < -0.39 is 29.3 Å². The molecule has 2 aliphatic rings. The van der Waals surface area contributed by atoms with E-state index >= 15 is 0 Å². The summed E-state index contributed by atoms with van der Waals surface area (Å²) >= 11 is -1.93. The van der Waals surface area contributed by atoms with Crippen molar-refractivity contribution in [3.63, 3.8) is 0 Å². The molecule has 0 spiro atoms. The Morgan fingerprint density at radius 3 is 2.84 bits per heavy atom. The van der Waals surface area contributed by atoms with E-state index in [0.717, 1.165) is 0 Å². The number of amides is 1. The highest BCUT2D eigenvalue weighted by atomic mass is 32.2. The molecule has 7 nitrogen and oxygen atoms in total. The molecule has 0 aromatic heterocycles. The molecule has 3 rings (SSSR count). The molecule has 3 atom stereocenters. The van der Waals surface area contributed by atoms with Crippen LogP contribution < -0.4 is 13.7 Å². The number of cyclic esters (lactones) is 1. The third-order valence-corrected chi connectivity index (χ3v) is 3.46. The zero-order valence-corrected chi connectivity index (χ0v) is 10.6. The summed E-state index contributed by atoms with van der Waals surface area (Å²) in [5.41, 5.74) is 0.162. The summed E-state index contributed by atoms with van der Waals surface area (Å²) in [6.45, 7) is 1.68. The van der Waals surface area contributed by atoms with E-state index in [4.69, 9.17) is 13.1 Å². The van der Waals surface area contributed by atoms with Gasteiger partial charge in [-0.2, -0.15) is 4.21 Å². The first-order chi connectivity index (χ1) is 9.06. The van der Waals surface area contributed by atoms with Crippen LogP contribution in [0, 0.1) is 0 Å². The van der Waals surface area contributed by atoms with Gasteiger partial charge in [0.1, 0.15) is 6.10 Å². The fourth-order valence-electron chi connectivity index (χ4n) is 1.84. The molecular formula is C11H9NO6S. The van der Waals surface area contributed by atoms with E-state index in [2.05, 4.69) is 5.32 Å². The molecule has 1 aromatic rings. The highest BCUT2D eigenvalue weighted by molar-refractivity contribution is 7.76. The minimum Gasteiger partial charge on any atom is -0.458 e. The Morgan fingerprint density at radius 1 is 1.37 bits per heavy atom. The van der Waals surface area contributed by atoms with Crippen molar-refractivity contribution < 1.29 is 26.9 Å². The molecule has 100 valence electrons. The van der Waals surface area contributed by atoms with Gasteiger partial charge in [0.05, 0.1) is 5.56 Å². The number of rotatable bonds is 2. The normalized spacial score (nSPS) is 27.4. The van der Waals surface area contributed by atoms with Crippen molar-refractivity contribution in [2.45, 2.75) is 19.1 Å². The Bertz CT molecular complexity index is 601. The number of benzene rings is 1. The summed E-state index contributed by atoms with van der Waals surface area (Å²) in [5.74, 6) is -0.643.